The number of thiophene rings is 1. The standard InChI is InChI=1S/C12H15NO3S/c1-12(6-2-3-7-12)13-10(14)8-4-5-9(17-8)11(15)16/h4-5H,2-3,6-7H2,1H3,(H,13,14)(H,15,16). The Kier molecular flexibility index (Phi) is 3.19. The number of rotatable bonds is 3. The monoisotopic (exact) mass is 253 g/mol. The molecule has 0 spiro atoms. The fourth-order valence-corrected chi connectivity index (χ4v) is 2.93. The molecule has 0 saturated heterocycles. The Morgan fingerprint density at radius 2 is 1.88 bits per heavy atom. The van der Waals surface area contributed by atoms with Crippen molar-refractivity contribution in [3.05, 3.63) is 21.9 Å². The Balaban J connectivity index is 2.06. The van der Waals surface area contributed by atoms with E-state index in [4.69, 9.17) is 5.11 Å². The third-order valence-corrected chi connectivity index (χ3v) is 4.23. The average molecular weight is 253 g/mol. The SMILES string of the molecule is CC1(NC(=O)c2ccc(C(=O)O)s2)CCCC1. The maximum atomic E-state index is 11.9. The summed E-state index contributed by atoms with van der Waals surface area (Å²) in [5.74, 6) is -1.15. The summed E-state index contributed by atoms with van der Waals surface area (Å²) in [7, 11) is 0. The van der Waals surface area contributed by atoms with Crippen molar-refractivity contribution in [3.8, 4) is 0 Å². The van der Waals surface area contributed by atoms with Crippen LogP contribution in [0.2, 0.25) is 0 Å². The van der Waals surface area contributed by atoms with Crippen LogP contribution in [0.15, 0.2) is 12.1 Å². The van der Waals surface area contributed by atoms with Gasteiger partial charge in [0.25, 0.3) is 5.91 Å². The lowest BCUT2D eigenvalue weighted by Crippen LogP contribution is -2.43. The van der Waals surface area contributed by atoms with Crippen LogP contribution in [0.5, 0.6) is 0 Å². The van der Waals surface area contributed by atoms with Gasteiger partial charge in [0.15, 0.2) is 0 Å². The zero-order valence-electron chi connectivity index (χ0n) is 9.66. The van der Waals surface area contributed by atoms with Crippen molar-refractivity contribution < 1.29 is 14.7 Å². The summed E-state index contributed by atoms with van der Waals surface area (Å²) in [5.41, 5.74) is -0.121. The van der Waals surface area contributed by atoms with Crippen LogP contribution in [-0.2, 0) is 0 Å². The summed E-state index contributed by atoms with van der Waals surface area (Å²) in [4.78, 5) is 23.3. The molecule has 0 unspecified atom stereocenters. The third kappa shape index (κ3) is 2.66. The van der Waals surface area contributed by atoms with Crippen molar-refractivity contribution in [3.63, 3.8) is 0 Å². The van der Waals surface area contributed by atoms with Crippen molar-refractivity contribution in [2.24, 2.45) is 0 Å². The van der Waals surface area contributed by atoms with Crippen molar-refractivity contribution in [2.75, 3.05) is 0 Å². The van der Waals surface area contributed by atoms with Crippen LogP contribution in [0.1, 0.15) is 52.0 Å². The van der Waals surface area contributed by atoms with Crippen LogP contribution in [-0.4, -0.2) is 22.5 Å². The molecule has 17 heavy (non-hydrogen) atoms. The number of nitrogens with one attached hydrogen (secondary N) is 1. The number of carboxylic acid groups (broad SMARTS) is 1. The lowest BCUT2D eigenvalue weighted by Gasteiger charge is -2.24. The molecule has 1 heterocycles. The molecule has 92 valence electrons. The third-order valence-electron chi connectivity index (χ3n) is 3.16. The number of carbonyl (C=O) groups excluding carboxylic acids is 1. The molecule has 1 aliphatic rings. The molecular formula is C12H15NO3S. The molecule has 0 atom stereocenters. The van der Waals surface area contributed by atoms with Crippen molar-refractivity contribution in [1.29, 1.82) is 0 Å². The maximum absolute atomic E-state index is 11.9. The highest BCUT2D eigenvalue weighted by molar-refractivity contribution is 7.15. The van der Waals surface area contributed by atoms with Crippen molar-refractivity contribution >= 4 is 23.2 Å². The molecule has 0 aliphatic heterocycles. The van der Waals surface area contributed by atoms with E-state index in [0.717, 1.165) is 37.0 Å². The van der Waals surface area contributed by atoms with Gasteiger partial charge in [0, 0.05) is 5.54 Å². The maximum Gasteiger partial charge on any atom is 0.345 e. The molecule has 2 N–H and O–H groups in total. The number of carbonyl (C=O) groups is 2. The van der Waals surface area contributed by atoms with Crippen molar-refractivity contribution in [1.82, 2.24) is 5.32 Å². The minimum Gasteiger partial charge on any atom is -0.477 e. The second-order valence-corrected chi connectivity index (χ2v) is 5.77. The summed E-state index contributed by atoms with van der Waals surface area (Å²) >= 11 is 1.02. The molecule has 1 saturated carbocycles. The summed E-state index contributed by atoms with van der Waals surface area (Å²) in [5, 5.41) is 11.8. The summed E-state index contributed by atoms with van der Waals surface area (Å²) in [6, 6.07) is 3.04. The highest BCUT2D eigenvalue weighted by Crippen LogP contribution is 2.29. The Morgan fingerprint density at radius 3 is 2.41 bits per heavy atom. The first-order valence-corrected chi connectivity index (χ1v) is 6.47. The first-order chi connectivity index (χ1) is 8.00. The van der Waals surface area contributed by atoms with Gasteiger partial charge in [-0.25, -0.2) is 4.79 Å². The van der Waals surface area contributed by atoms with E-state index in [0.29, 0.717) is 4.88 Å². The topological polar surface area (TPSA) is 66.4 Å². The second-order valence-electron chi connectivity index (χ2n) is 4.69. The Labute approximate surface area is 104 Å². The van der Waals surface area contributed by atoms with Gasteiger partial charge in [0.1, 0.15) is 4.88 Å². The van der Waals surface area contributed by atoms with Gasteiger partial charge < -0.3 is 10.4 Å². The summed E-state index contributed by atoms with van der Waals surface area (Å²) in [6.45, 7) is 2.05. The molecule has 1 aliphatic carbocycles. The van der Waals surface area contributed by atoms with Gasteiger partial charge in [0.05, 0.1) is 4.88 Å². The van der Waals surface area contributed by atoms with Gasteiger partial charge >= 0.3 is 5.97 Å². The predicted molar refractivity (Wildman–Crippen MR) is 65.6 cm³/mol. The first kappa shape index (κ1) is 12.1. The zero-order chi connectivity index (χ0) is 12.5. The van der Waals surface area contributed by atoms with E-state index in [9.17, 15) is 9.59 Å². The normalized spacial score (nSPS) is 17.9. The van der Waals surface area contributed by atoms with E-state index in [1.165, 1.54) is 6.07 Å². The molecular weight excluding hydrogens is 238 g/mol. The Hall–Kier alpha value is -1.36. The second kappa shape index (κ2) is 4.49. The summed E-state index contributed by atoms with van der Waals surface area (Å²) < 4.78 is 0. The van der Waals surface area contributed by atoms with Gasteiger partial charge in [-0.2, -0.15) is 0 Å². The van der Waals surface area contributed by atoms with Crippen LogP contribution in [0, 0.1) is 0 Å². The zero-order valence-corrected chi connectivity index (χ0v) is 10.5. The van der Waals surface area contributed by atoms with Crippen LogP contribution >= 0.6 is 11.3 Å². The van der Waals surface area contributed by atoms with Gasteiger partial charge in [-0.05, 0) is 31.9 Å². The molecule has 0 bridgehead atoms. The predicted octanol–water partition coefficient (Wildman–Crippen LogP) is 2.51. The van der Waals surface area contributed by atoms with E-state index < -0.39 is 5.97 Å². The lowest BCUT2D eigenvalue weighted by atomic mass is 10.0. The van der Waals surface area contributed by atoms with Gasteiger partial charge in [0.2, 0.25) is 0 Å². The molecule has 0 radical (unpaired) electrons. The number of hydrogen-bond acceptors (Lipinski definition) is 3. The summed E-state index contributed by atoms with van der Waals surface area (Å²) in [6.07, 6.45) is 4.27. The van der Waals surface area contributed by atoms with E-state index in [-0.39, 0.29) is 16.3 Å². The molecule has 0 aromatic carbocycles. The van der Waals surface area contributed by atoms with Crippen molar-refractivity contribution in [2.45, 2.75) is 38.1 Å². The van der Waals surface area contributed by atoms with E-state index >= 15 is 0 Å². The minimum atomic E-state index is -0.985. The highest BCUT2D eigenvalue weighted by Gasteiger charge is 2.30. The number of hydrogen-bond donors (Lipinski definition) is 2. The number of carboxylic acids is 1. The molecule has 1 fully saturated rings. The Bertz CT molecular complexity index is 446. The van der Waals surface area contributed by atoms with Gasteiger partial charge in [-0.1, -0.05) is 12.8 Å². The van der Waals surface area contributed by atoms with Crippen LogP contribution in [0.3, 0.4) is 0 Å². The van der Waals surface area contributed by atoms with E-state index in [1.54, 1.807) is 6.07 Å². The number of amides is 1. The van der Waals surface area contributed by atoms with Gasteiger partial charge in [-0.3, -0.25) is 4.79 Å². The first-order valence-electron chi connectivity index (χ1n) is 5.66. The molecule has 1 aromatic heterocycles. The number of aromatic carboxylic acids is 1. The fourth-order valence-electron chi connectivity index (χ4n) is 2.19. The van der Waals surface area contributed by atoms with E-state index in [2.05, 4.69) is 5.32 Å². The van der Waals surface area contributed by atoms with Crippen LogP contribution in [0.4, 0.5) is 0 Å². The largest absolute Gasteiger partial charge is 0.477 e. The molecule has 1 aromatic rings. The highest BCUT2D eigenvalue weighted by atomic mass is 32.1. The molecule has 1 amide bonds. The van der Waals surface area contributed by atoms with Crippen LogP contribution in [0.25, 0.3) is 0 Å². The minimum absolute atomic E-state index is 0.121. The molecule has 4 nitrogen and oxygen atoms in total. The van der Waals surface area contributed by atoms with Crippen LogP contribution < -0.4 is 5.32 Å². The smallest absolute Gasteiger partial charge is 0.345 e. The Morgan fingerprint density at radius 1 is 1.29 bits per heavy atom. The van der Waals surface area contributed by atoms with E-state index in [1.807, 2.05) is 6.92 Å². The average Bonchev–Trinajstić information content (AvgIpc) is 2.86. The fraction of sp³-hybridized carbons (Fsp3) is 0.500. The lowest BCUT2D eigenvalue weighted by molar-refractivity contribution is 0.0702. The quantitative estimate of drug-likeness (QED) is 0.869. The molecule has 5 heteroatoms. The molecule has 2 rings (SSSR count). The van der Waals surface area contributed by atoms with Gasteiger partial charge in [-0.15, -0.1) is 11.3 Å².